The Labute approximate surface area is 135 Å². The van der Waals surface area contributed by atoms with Crippen molar-refractivity contribution < 1.29 is 9.18 Å². The van der Waals surface area contributed by atoms with Gasteiger partial charge in [0, 0.05) is 24.7 Å². The molecule has 4 rings (SSSR count). The van der Waals surface area contributed by atoms with Crippen LogP contribution in [0.2, 0.25) is 5.02 Å². The molecule has 0 spiro atoms. The molecular weight excluding hydrogens is 303 g/mol. The van der Waals surface area contributed by atoms with Crippen LogP contribution in [0, 0.1) is 17.7 Å². The molecule has 1 unspecified atom stereocenters. The highest BCUT2D eigenvalue weighted by atomic mass is 35.5. The maximum Gasteiger partial charge on any atom is 0.251 e. The molecule has 3 saturated heterocycles. The quantitative estimate of drug-likeness (QED) is 0.864. The highest BCUT2D eigenvalue weighted by molar-refractivity contribution is 6.31. The van der Waals surface area contributed by atoms with Crippen molar-refractivity contribution in [3.63, 3.8) is 0 Å². The number of amides is 1. The molecule has 3 fully saturated rings. The molecule has 0 saturated carbocycles. The molecule has 1 aromatic rings. The van der Waals surface area contributed by atoms with Gasteiger partial charge in [-0.1, -0.05) is 17.7 Å². The van der Waals surface area contributed by atoms with Gasteiger partial charge in [0.05, 0.1) is 5.02 Å². The Kier molecular flexibility index (Phi) is 4.50. The summed E-state index contributed by atoms with van der Waals surface area (Å²) in [5.74, 6) is 0.551. The fourth-order valence-electron chi connectivity index (χ4n) is 3.61. The van der Waals surface area contributed by atoms with Crippen LogP contribution in [0.25, 0.3) is 0 Å². The lowest BCUT2D eigenvalue weighted by atomic mass is 9.75. The smallest absolute Gasteiger partial charge is 0.251 e. The average Bonchev–Trinajstić information content (AvgIpc) is 2.55. The Morgan fingerprint density at radius 1 is 1.55 bits per heavy atom. The molecule has 3 aliphatic rings. The number of nitrogens with zero attached hydrogens (tertiary/aromatic N) is 1. The minimum atomic E-state index is -0.510. The molecule has 3 aliphatic heterocycles. The fraction of sp³-hybridized carbons (Fsp3) is 0.471. The average molecular weight is 323 g/mol. The molecule has 0 radical (unpaired) electrons. The molecular formula is C17H20ClFN2O. The van der Waals surface area contributed by atoms with Gasteiger partial charge in [-0.15, -0.1) is 6.58 Å². The third-order valence-corrected chi connectivity index (χ3v) is 5.20. The summed E-state index contributed by atoms with van der Waals surface area (Å²) in [6, 6.07) is 4.43. The molecule has 1 aromatic carbocycles. The molecule has 0 aliphatic carbocycles. The molecule has 5 heteroatoms. The molecule has 3 nitrogen and oxygen atoms in total. The third kappa shape index (κ3) is 3.03. The lowest BCUT2D eigenvalue weighted by Gasteiger charge is -2.49. The summed E-state index contributed by atoms with van der Waals surface area (Å²) < 4.78 is 13.1. The zero-order valence-corrected chi connectivity index (χ0v) is 13.2. The van der Waals surface area contributed by atoms with Crippen LogP contribution in [-0.4, -0.2) is 36.5 Å². The highest BCUT2D eigenvalue weighted by Gasteiger charge is 2.38. The molecule has 1 amide bonds. The zero-order valence-electron chi connectivity index (χ0n) is 12.4. The largest absolute Gasteiger partial charge is 0.350 e. The fourth-order valence-corrected chi connectivity index (χ4v) is 3.79. The van der Waals surface area contributed by atoms with E-state index in [0.29, 0.717) is 30.0 Å². The van der Waals surface area contributed by atoms with E-state index in [-0.39, 0.29) is 10.9 Å². The second-order valence-corrected chi connectivity index (χ2v) is 6.58. The lowest BCUT2D eigenvalue weighted by molar-refractivity contribution is 0.0195. The van der Waals surface area contributed by atoms with E-state index in [2.05, 4.69) is 22.9 Å². The predicted molar refractivity (Wildman–Crippen MR) is 85.5 cm³/mol. The van der Waals surface area contributed by atoms with Gasteiger partial charge < -0.3 is 5.32 Å². The maximum atomic E-state index is 13.1. The van der Waals surface area contributed by atoms with Crippen molar-refractivity contribution in [2.75, 3.05) is 19.6 Å². The van der Waals surface area contributed by atoms with Crippen molar-refractivity contribution in [2.24, 2.45) is 11.8 Å². The summed E-state index contributed by atoms with van der Waals surface area (Å²) in [5.41, 5.74) is 0.395. The van der Waals surface area contributed by atoms with E-state index in [9.17, 15) is 9.18 Å². The van der Waals surface area contributed by atoms with Crippen LogP contribution in [0.15, 0.2) is 30.9 Å². The zero-order chi connectivity index (χ0) is 15.7. The number of halogens is 2. The van der Waals surface area contributed by atoms with Gasteiger partial charge in [0.15, 0.2) is 0 Å². The van der Waals surface area contributed by atoms with Gasteiger partial charge in [-0.25, -0.2) is 4.39 Å². The number of piperidine rings is 3. The van der Waals surface area contributed by atoms with Crippen LogP contribution in [0.5, 0.6) is 0 Å². The van der Waals surface area contributed by atoms with Crippen LogP contribution < -0.4 is 5.32 Å². The van der Waals surface area contributed by atoms with E-state index in [1.807, 2.05) is 0 Å². The summed E-state index contributed by atoms with van der Waals surface area (Å²) in [4.78, 5) is 14.6. The number of carbonyl (C=O) groups excluding carboxylic acids is 1. The summed E-state index contributed by atoms with van der Waals surface area (Å²) in [6.45, 7) is 6.67. The Balaban J connectivity index is 1.58. The van der Waals surface area contributed by atoms with Crippen LogP contribution in [0.3, 0.4) is 0 Å². The number of nitrogens with one attached hydrogen (secondary N) is 1. The third-order valence-electron chi connectivity index (χ3n) is 4.91. The van der Waals surface area contributed by atoms with Crippen molar-refractivity contribution in [3.05, 3.63) is 47.3 Å². The first kappa shape index (κ1) is 15.5. The second-order valence-electron chi connectivity index (χ2n) is 6.17. The summed E-state index contributed by atoms with van der Waals surface area (Å²) in [5, 5.41) is 2.92. The van der Waals surface area contributed by atoms with Crippen LogP contribution in [-0.2, 0) is 0 Å². The standard InChI is InChI=1S/C17H20ClFN2O/c1-2-11-10-21-6-5-12(11)7-14(21)9-20-17(22)13-3-4-16(19)15(18)8-13/h2-4,8,11-12,14H,1,5-7,9-10H2,(H,20,22)/t11-,12+,14-/m1/s1. The minimum Gasteiger partial charge on any atom is -0.350 e. The molecule has 3 heterocycles. The second kappa shape index (κ2) is 6.39. The number of hydrogen-bond acceptors (Lipinski definition) is 2. The Morgan fingerprint density at radius 2 is 2.36 bits per heavy atom. The number of carbonyl (C=O) groups is 1. The van der Waals surface area contributed by atoms with Crippen molar-refractivity contribution in [2.45, 2.75) is 18.9 Å². The summed E-state index contributed by atoms with van der Waals surface area (Å²) in [7, 11) is 0. The van der Waals surface area contributed by atoms with Crippen molar-refractivity contribution in [3.8, 4) is 0 Å². The maximum absolute atomic E-state index is 13.1. The van der Waals surface area contributed by atoms with Gasteiger partial charge in [0.1, 0.15) is 5.82 Å². The predicted octanol–water partition coefficient (Wildman–Crippen LogP) is 3.11. The number of fused-ring (bicyclic) bond motifs is 3. The molecule has 1 N–H and O–H groups in total. The Morgan fingerprint density at radius 3 is 3.00 bits per heavy atom. The van der Waals surface area contributed by atoms with E-state index in [1.165, 1.54) is 24.6 Å². The number of benzene rings is 1. The first-order chi connectivity index (χ1) is 10.6. The van der Waals surface area contributed by atoms with E-state index in [1.54, 1.807) is 0 Å². The van der Waals surface area contributed by atoms with Gasteiger partial charge in [0.2, 0.25) is 0 Å². The van der Waals surface area contributed by atoms with Gasteiger partial charge in [-0.2, -0.15) is 0 Å². The highest BCUT2D eigenvalue weighted by Crippen LogP contribution is 2.36. The molecule has 4 atom stereocenters. The normalized spacial score (nSPS) is 30.1. The van der Waals surface area contributed by atoms with Crippen molar-refractivity contribution in [1.29, 1.82) is 0 Å². The lowest BCUT2D eigenvalue weighted by Crippen LogP contribution is -2.56. The number of rotatable bonds is 4. The molecule has 0 aromatic heterocycles. The van der Waals surface area contributed by atoms with Crippen LogP contribution in [0.4, 0.5) is 4.39 Å². The topological polar surface area (TPSA) is 32.3 Å². The monoisotopic (exact) mass is 322 g/mol. The SMILES string of the molecule is C=C[C@@H]1CN2CC[C@H]1C[C@@H]2CNC(=O)c1ccc(F)c(Cl)c1. The first-order valence-electron chi connectivity index (χ1n) is 7.68. The van der Waals surface area contributed by atoms with Gasteiger partial charge in [0.25, 0.3) is 5.91 Å². The van der Waals surface area contributed by atoms with Gasteiger partial charge in [-0.05, 0) is 49.4 Å². The van der Waals surface area contributed by atoms with E-state index in [4.69, 9.17) is 11.6 Å². The van der Waals surface area contributed by atoms with Crippen LogP contribution in [0.1, 0.15) is 23.2 Å². The summed E-state index contributed by atoms with van der Waals surface area (Å²) in [6.07, 6.45) is 4.38. The molecule has 2 bridgehead atoms. The number of hydrogen-bond donors (Lipinski definition) is 1. The minimum absolute atomic E-state index is 0.0260. The van der Waals surface area contributed by atoms with Gasteiger partial charge in [-0.3, -0.25) is 9.69 Å². The van der Waals surface area contributed by atoms with Crippen molar-refractivity contribution >= 4 is 17.5 Å². The van der Waals surface area contributed by atoms with E-state index in [0.717, 1.165) is 19.5 Å². The molecule has 118 valence electrons. The molecule has 22 heavy (non-hydrogen) atoms. The Hall–Kier alpha value is -1.39. The van der Waals surface area contributed by atoms with Crippen LogP contribution >= 0.6 is 11.6 Å². The van der Waals surface area contributed by atoms with E-state index >= 15 is 0 Å². The van der Waals surface area contributed by atoms with Crippen molar-refractivity contribution in [1.82, 2.24) is 10.2 Å². The van der Waals surface area contributed by atoms with Gasteiger partial charge >= 0.3 is 0 Å². The van der Waals surface area contributed by atoms with E-state index < -0.39 is 5.82 Å². The first-order valence-corrected chi connectivity index (χ1v) is 8.06. The summed E-state index contributed by atoms with van der Waals surface area (Å²) >= 11 is 5.72. The Bertz CT molecular complexity index is 592.